The average molecular weight is 198 g/mol. The first-order chi connectivity index (χ1) is 6.52. The fraction of sp³-hybridized carbons (Fsp3) is 0.556. The van der Waals surface area contributed by atoms with E-state index in [2.05, 4.69) is 0 Å². The molecule has 0 radical (unpaired) electrons. The Morgan fingerprint density at radius 3 is 2.57 bits per heavy atom. The Labute approximate surface area is 81.2 Å². The van der Waals surface area contributed by atoms with Gasteiger partial charge < -0.3 is 14.2 Å². The summed E-state index contributed by atoms with van der Waals surface area (Å²) in [5.74, 6) is 0. The van der Waals surface area contributed by atoms with Gasteiger partial charge in [-0.15, -0.1) is 0 Å². The highest BCUT2D eigenvalue weighted by Crippen LogP contribution is 1.91. The van der Waals surface area contributed by atoms with Crippen molar-refractivity contribution < 1.29 is 5.11 Å². The number of aliphatic hydroxyl groups excluding tert-OH is 1. The monoisotopic (exact) mass is 198 g/mol. The molecule has 0 amide bonds. The van der Waals surface area contributed by atoms with E-state index in [1.54, 1.807) is 13.1 Å². The zero-order valence-corrected chi connectivity index (χ0v) is 8.30. The summed E-state index contributed by atoms with van der Waals surface area (Å²) in [6.07, 6.45) is 3.08. The van der Waals surface area contributed by atoms with Gasteiger partial charge in [-0.1, -0.05) is 0 Å². The molecule has 1 aromatic rings. The Hall–Kier alpha value is -1.36. The molecule has 0 aliphatic heterocycles. The number of aryl methyl sites for hydroxylation is 2. The van der Waals surface area contributed by atoms with Crippen molar-refractivity contribution in [2.75, 3.05) is 0 Å². The van der Waals surface area contributed by atoms with Gasteiger partial charge in [0.1, 0.15) is 0 Å². The highest BCUT2D eigenvalue weighted by Gasteiger charge is 2.03. The Balaban J connectivity index is 2.95. The first-order valence-electron chi connectivity index (χ1n) is 4.46. The summed E-state index contributed by atoms with van der Waals surface area (Å²) in [4.78, 5) is 22.6. The van der Waals surface area contributed by atoms with E-state index in [0.717, 1.165) is 0 Å². The lowest BCUT2D eigenvalue weighted by Gasteiger charge is -2.07. The topological polar surface area (TPSA) is 64.2 Å². The highest BCUT2D eigenvalue weighted by molar-refractivity contribution is 4.84. The molecule has 0 saturated carbocycles. The molecule has 1 atom stereocenters. The summed E-state index contributed by atoms with van der Waals surface area (Å²) < 4.78 is 2.55. The molecule has 0 saturated heterocycles. The Kier molecular flexibility index (Phi) is 3.24. The van der Waals surface area contributed by atoms with Gasteiger partial charge in [0.15, 0.2) is 0 Å². The molecule has 5 nitrogen and oxygen atoms in total. The molecular formula is C9H14N2O3. The zero-order valence-electron chi connectivity index (χ0n) is 8.30. The van der Waals surface area contributed by atoms with Gasteiger partial charge in [-0.3, -0.25) is 9.59 Å². The summed E-state index contributed by atoms with van der Waals surface area (Å²) in [5, 5.41) is 9.03. The number of aromatic nitrogens is 2. The van der Waals surface area contributed by atoms with Crippen molar-refractivity contribution in [1.29, 1.82) is 0 Å². The molecule has 1 N–H and O–H groups in total. The molecule has 14 heavy (non-hydrogen) atoms. The van der Waals surface area contributed by atoms with Crippen LogP contribution >= 0.6 is 0 Å². The van der Waals surface area contributed by atoms with Crippen molar-refractivity contribution in [2.24, 2.45) is 7.05 Å². The molecule has 1 heterocycles. The van der Waals surface area contributed by atoms with E-state index in [1.165, 1.54) is 22.4 Å². The van der Waals surface area contributed by atoms with Gasteiger partial charge in [0.05, 0.1) is 6.10 Å². The molecule has 1 rings (SSSR count). The predicted octanol–water partition coefficient (Wildman–Crippen LogP) is -0.682. The molecule has 0 spiro atoms. The number of hydrogen-bond acceptors (Lipinski definition) is 3. The number of rotatable bonds is 3. The first kappa shape index (κ1) is 10.7. The summed E-state index contributed by atoms with van der Waals surface area (Å²) in [6.45, 7) is 2.01. The van der Waals surface area contributed by atoms with Gasteiger partial charge in [0.2, 0.25) is 0 Å². The predicted molar refractivity (Wildman–Crippen MR) is 52.2 cm³/mol. The summed E-state index contributed by atoms with van der Waals surface area (Å²) in [5.41, 5.74) is -1.09. The maximum Gasteiger partial charge on any atom is 0.316 e. The lowest BCUT2D eigenvalue weighted by Crippen LogP contribution is -2.39. The van der Waals surface area contributed by atoms with Crippen LogP contribution in [0.5, 0.6) is 0 Å². The summed E-state index contributed by atoms with van der Waals surface area (Å²) in [6, 6.07) is 0. The number of nitrogens with zero attached hydrogens (tertiary/aromatic N) is 2. The fourth-order valence-corrected chi connectivity index (χ4v) is 1.09. The normalized spacial score (nSPS) is 12.8. The lowest BCUT2D eigenvalue weighted by molar-refractivity contribution is 0.177. The molecule has 0 aromatic carbocycles. The van der Waals surface area contributed by atoms with E-state index >= 15 is 0 Å². The molecule has 0 fully saturated rings. The van der Waals surface area contributed by atoms with Crippen LogP contribution in [0.4, 0.5) is 0 Å². The van der Waals surface area contributed by atoms with E-state index in [-0.39, 0.29) is 0 Å². The maximum atomic E-state index is 11.4. The summed E-state index contributed by atoms with van der Waals surface area (Å²) in [7, 11) is 1.53. The standard InChI is InChI=1S/C9H14N2O3/c1-7(12)3-4-11-6-5-10(2)8(13)9(11)14/h5-7,12H,3-4H2,1-2H3. The van der Waals surface area contributed by atoms with E-state index < -0.39 is 17.2 Å². The SMILES string of the molecule is CC(O)CCn1ccn(C)c(=O)c1=O. The third-order valence-corrected chi connectivity index (χ3v) is 2.02. The maximum absolute atomic E-state index is 11.4. The van der Waals surface area contributed by atoms with E-state index in [1.807, 2.05) is 0 Å². The van der Waals surface area contributed by atoms with Crippen molar-refractivity contribution in [2.45, 2.75) is 26.0 Å². The molecule has 78 valence electrons. The van der Waals surface area contributed by atoms with Crippen LogP contribution in [0.15, 0.2) is 22.0 Å². The Bertz CT molecular complexity index is 417. The van der Waals surface area contributed by atoms with Crippen LogP contribution in [0.2, 0.25) is 0 Å². The molecule has 1 aromatic heterocycles. The third-order valence-electron chi connectivity index (χ3n) is 2.02. The smallest absolute Gasteiger partial charge is 0.316 e. The van der Waals surface area contributed by atoms with Gasteiger partial charge in [-0.25, -0.2) is 0 Å². The molecule has 5 heteroatoms. The second-order valence-electron chi connectivity index (χ2n) is 3.35. The largest absolute Gasteiger partial charge is 0.393 e. The lowest BCUT2D eigenvalue weighted by atomic mass is 10.3. The molecule has 0 bridgehead atoms. The molecular weight excluding hydrogens is 184 g/mol. The summed E-state index contributed by atoms with van der Waals surface area (Å²) >= 11 is 0. The second-order valence-corrected chi connectivity index (χ2v) is 3.35. The van der Waals surface area contributed by atoms with Crippen molar-refractivity contribution in [3.63, 3.8) is 0 Å². The van der Waals surface area contributed by atoms with Crippen molar-refractivity contribution >= 4 is 0 Å². The van der Waals surface area contributed by atoms with Crippen LogP contribution in [0, 0.1) is 0 Å². The third kappa shape index (κ3) is 2.32. The van der Waals surface area contributed by atoms with Crippen LogP contribution < -0.4 is 11.1 Å². The van der Waals surface area contributed by atoms with Crippen LogP contribution in [-0.2, 0) is 13.6 Å². The molecule has 0 aliphatic carbocycles. The van der Waals surface area contributed by atoms with E-state index in [0.29, 0.717) is 13.0 Å². The van der Waals surface area contributed by atoms with Crippen LogP contribution in [-0.4, -0.2) is 20.3 Å². The number of hydrogen-bond donors (Lipinski definition) is 1. The van der Waals surface area contributed by atoms with Gasteiger partial charge in [0, 0.05) is 26.0 Å². The highest BCUT2D eigenvalue weighted by atomic mass is 16.3. The van der Waals surface area contributed by atoms with Gasteiger partial charge in [0.25, 0.3) is 0 Å². The van der Waals surface area contributed by atoms with Crippen molar-refractivity contribution in [3.05, 3.63) is 33.1 Å². The second kappa shape index (κ2) is 4.23. The Morgan fingerprint density at radius 2 is 2.00 bits per heavy atom. The quantitative estimate of drug-likeness (QED) is 0.654. The van der Waals surface area contributed by atoms with Gasteiger partial charge in [-0.2, -0.15) is 0 Å². The van der Waals surface area contributed by atoms with Crippen LogP contribution in [0.3, 0.4) is 0 Å². The van der Waals surface area contributed by atoms with Gasteiger partial charge >= 0.3 is 11.1 Å². The zero-order chi connectivity index (χ0) is 10.7. The van der Waals surface area contributed by atoms with E-state index in [9.17, 15) is 9.59 Å². The van der Waals surface area contributed by atoms with Gasteiger partial charge in [-0.05, 0) is 13.3 Å². The minimum Gasteiger partial charge on any atom is -0.393 e. The van der Waals surface area contributed by atoms with Crippen LogP contribution in [0.1, 0.15) is 13.3 Å². The fourth-order valence-electron chi connectivity index (χ4n) is 1.09. The Morgan fingerprint density at radius 1 is 1.36 bits per heavy atom. The minimum absolute atomic E-state index is 0.368. The van der Waals surface area contributed by atoms with Crippen molar-refractivity contribution in [3.8, 4) is 0 Å². The van der Waals surface area contributed by atoms with E-state index in [4.69, 9.17) is 5.11 Å². The number of aliphatic hydroxyl groups is 1. The van der Waals surface area contributed by atoms with Crippen molar-refractivity contribution in [1.82, 2.24) is 9.13 Å². The molecule has 1 unspecified atom stereocenters. The molecule has 0 aliphatic rings. The van der Waals surface area contributed by atoms with Crippen LogP contribution in [0.25, 0.3) is 0 Å². The first-order valence-corrected chi connectivity index (χ1v) is 4.46. The average Bonchev–Trinajstić information content (AvgIpc) is 2.13. The minimum atomic E-state index is -0.546.